The van der Waals surface area contributed by atoms with Gasteiger partial charge in [0.1, 0.15) is 23.4 Å². The number of pyridine rings is 1. The Labute approximate surface area is 207 Å². The molecule has 2 unspecified atom stereocenters. The number of nitrogens with zero attached hydrogens (tertiary/aromatic N) is 2. The van der Waals surface area contributed by atoms with E-state index in [1.54, 1.807) is 42.6 Å². The first-order valence-corrected chi connectivity index (χ1v) is 13.0. The van der Waals surface area contributed by atoms with Crippen molar-refractivity contribution in [3.05, 3.63) is 102 Å². The van der Waals surface area contributed by atoms with Crippen LogP contribution in [0.2, 0.25) is 0 Å². The Morgan fingerprint density at radius 2 is 1.77 bits per heavy atom. The van der Waals surface area contributed by atoms with E-state index in [1.807, 2.05) is 35.2 Å². The zero-order chi connectivity index (χ0) is 24.6. The monoisotopic (exact) mass is 508 g/mol. The van der Waals surface area contributed by atoms with Gasteiger partial charge in [0, 0.05) is 23.1 Å². The maximum atomic E-state index is 13.4. The summed E-state index contributed by atoms with van der Waals surface area (Å²) in [4.78, 5) is 6.44. The molecule has 0 radical (unpaired) electrons. The molecule has 2 atom stereocenters. The smallest absolute Gasteiger partial charge is 0.229 e. The molecule has 3 heterocycles. The first-order valence-electron chi connectivity index (χ1n) is 10.7. The first kappa shape index (κ1) is 23.0. The quantitative estimate of drug-likeness (QED) is 0.353. The fourth-order valence-electron chi connectivity index (χ4n) is 4.11. The number of nitrogens with one attached hydrogen (secondary N) is 2. The van der Waals surface area contributed by atoms with E-state index in [0.717, 1.165) is 23.2 Å². The summed E-state index contributed by atoms with van der Waals surface area (Å²) in [5.74, 6) is 0.928. The highest BCUT2D eigenvalue weighted by molar-refractivity contribution is 7.92. The molecule has 1 aliphatic heterocycles. The van der Waals surface area contributed by atoms with Crippen LogP contribution in [-0.2, 0) is 10.0 Å². The third kappa shape index (κ3) is 4.89. The van der Waals surface area contributed by atoms with Crippen molar-refractivity contribution in [3.8, 4) is 11.3 Å². The highest BCUT2D eigenvalue weighted by Crippen LogP contribution is 2.43. The summed E-state index contributed by atoms with van der Waals surface area (Å²) in [7, 11) is -3.39. The van der Waals surface area contributed by atoms with Gasteiger partial charge in [0.05, 0.1) is 18.0 Å². The molecule has 2 aromatic carbocycles. The molecule has 1 aliphatic rings. The number of anilines is 2. The molecule has 2 aromatic heterocycles. The first-order chi connectivity index (χ1) is 16.8. The molecule has 2 N–H and O–H groups in total. The third-order valence-corrected chi connectivity index (χ3v) is 6.51. The van der Waals surface area contributed by atoms with Gasteiger partial charge in [0.2, 0.25) is 10.0 Å². The van der Waals surface area contributed by atoms with E-state index in [2.05, 4.69) is 15.0 Å². The number of thiocarbonyl (C=S) groups is 1. The van der Waals surface area contributed by atoms with Crippen molar-refractivity contribution in [2.75, 3.05) is 15.9 Å². The summed E-state index contributed by atoms with van der Waals surface area (Å²) >= 11 is 5.70. The summed E-state index contributed by atoms with van der Waals surface area (Å²) < 4.78 is 45.3. The Morgan fingerprint density at radius 1 is 1.03 bits per heavy atom. The summed E-state index contributed by atoms with van der Waals surface area (Å²) in [6.07, 6.45) is 2.82. The number of rotatable bonds is 6. The predicted molar refractivity (Wildman–Crippen MR) is 137 cm³/mol. The normalized spacial score (nSPS) is 17.9. The van der Waals surface area contributed by atoms with Gasteiger partial charge in [-0.3, -0.25) is 9.71 Å². The minimum absolute atomic E-state index is 0.301. The predicted octanol–water partition coefficient (Wildman–Crippen LogP) is 5.03. The Balaban J connectivity index is 1.54. The van der Waals surface area contributed by atoms with Crippen LogP contribution in [0.25, 0.3) is 11.3 Å². The Morgan fingerprint density at radius 3 is 2.43 bits per heavy atom. The van der Waals surface area contributed by atoms with Gasteiger partial charge in [0.15, 0.2) is 5.11 Å². The third-order valence-electron chi connectivity index (χ3n) is 5.59. The van der Waals surface area contributed by atoms with Gasteiger partial charge in [-0.05, 0) is 85.0 Å². The van der Waals surface area contributed by atoms with Gasteiger partial charge in [0.25, 0.3) is 0 Å². The van der Waals surface area contributed by atoms with E-state index in [9.17, 15) is 12.8 Å². The van der Waals surface area contributed by atoms with Gasteiger partial charge in [-0.2, -0.15) is 0 Å². The average molecular weight is 509 g/mol. The lowest BCUT2D eigenvalue weighted by molar-refractivity contribution is 0.439. The van der Waals surface area contributed by atoms with E-state index in [1.165, 1.54) is 12.1 Å². The largest absolute Gasteiger partial charge is 0.459 e. The number of halogens is 1. The van der Waals surface area contributed by atoms with Crippen LogP contribution in [0.1, 0.15) is 23.5 Å². The molecule has 35 heavy (non-hydrogen) atoms. The minimum atomic E-state index is -3.39. The van der Waals surface area contributed by atoms with Gasteiger partial charge >= 0.3 is 0 Å². The highest BCUT2D eigenvalue weighted by Gasteiger charge is 2.42. The molecular formula is C25H21FN4O3S2. The lowest BCUT2D eigenvalue weighted by atomic mass is 10.0. The van der Waals surface area contributed by atoms with Crippen molar-refractivity contribution in [2.24, 2.45) is 0 Å². The highest BCUT2D eigenvalue weighted by atomic mass is 32.2. The van der Waals surface area contributed by atoms with Crippen LogP contribution in [-0.4, -0.2) is 24.8 Å². The van der Waals surface area contributed by atoms with Crippen molar-refractivity contribution < 1.29 is 17.2 Å². The molecule has 1 saturated heterocycles. The lowest BCUT2D eigenvalue weighted by Crippen LogP contribution is -2.29. The molecule has 0 saturated carbocycles. The van der Waals surface area contributed by atoms with Crippen molar-refractivity contribution in [1.29, 1.82) is 0 Å². The topological polar surface area (TPSA) is 87.5 Å². The standard InChI is InChI=1S/C25H21FN4O3S2/c1-35(31,32)29-18-9-11-19(12-10-18)30-24(23(28-25(30)34)20-4-2-3-15-27-20)22-14-13-21(33-22)16-5-7-17(26)8-6-16/h2-15,23-24,29H,1H3,(H,28,34). The number of hydrogen-bond donors (Lipinski definition) is 2. The Bertz CT molecular complexity index is 1460. The van der Waals surface area contributed by atoms with Crippen LogP contribution >= 0.6 is 12.2 Å². The molecule has 10 heteroatoms. The van der Waals surface area contributed by atoms with Crippen molar-refractivity contribution in [2.45, 2.75) is 12.1 Å². The van der Waals surface area contributed by atoms with E-state index >= 15 is 0 Å². The maximum absolute atomic E-state index is 13.4. The SMILES string of the molecule is CS(=O)(=O)Nc1ccc(N2C(=S)NC(c3ccccn3)C2c2ccc(-c3ccc(F)cc3)o2)cc1. The van der Waals surface area contributed by atoms with Crippen LogP contribution in [0.4, 0.5) is 15.8 Å². The number of furan rings is 1. The molecule has 4 aromatic rings. The number of aromatic nitrogens is 1. The zero-order valence-electron chi connectivity index (χ0n) is 18.6. The second-order valence-corrected chi connectivity index (χ2v) is 10.3. The summed E-state index contributed by atoms with van der Waals surface area (Å²) in [6, 6.07) is 21.8. The Hall–Kier alpha value is -3.76. The second kappa shape index (κ2) is 9.12. The molecule has 0 bridgehead atoms. The summed E-state index contributed by atoms with van der Waals surface area (Å²) in [5, 5.41) is 3.83. The summed E-state index contributed by atoms with van der Waals surface area (Å²) in [6.45, 7) is 0. The zero-order valence-corrected chi connectivity index (χ0v) is 20.2. The molecule has 0 amide bonds. The fraction of sp³-hybridized carbons (Fsp3) is 0.120. The maximum Gasteiger partial charge on any atom is 0.229 e. The minimum Gasteiger partial charge on any atom is -0.459 e. The van der Waals surface area contributed by atoms with Crippen LogP contribution in [0.3, 0.4) is 0 Å². The second-order valence-electron chi connectivity index (χ2n) is 8.13. The van der Waals surface area contributed by atoms with E-state index in [4.69, 9.17) is 16.6 Å². The van der Waals surface area contributed by atoms with Crippen LogP contribution in [0.15, 0.2) is 89.5 Å². The number of hydrogen-bond acceptors (Lipinski definition) is 5. The van der Waals surface area contributed by atoms with Crippen LogP contribution in [0.5, 0.6) is 0 Å². The molecule has 7 nitrogen and oxygen atoms in total. The number of sulfonamides is 1. The molecule has 5 rings (SSSR count). The fourth-order valence-corrected chi connectivity index (χ4v) is 5.02. The van der Waals surface area contributed by atoms with Crippen LogP contribution in [0, 0.1) is 5.82 Å². The molecule has 0 spiro atoms. The molecule has 178 valence electrons. The van der Waals surface area contributed by atoms with E-state index < -0.39 is 10.0 Å². The van der Waals surface area contributed by atoms with Crippen molar-refractivity contribution >= 4 is 38.7 Å². The van der Waals surface area contributed by atoms with Gasteiger partial charge in [-0.1, -0.05) is 6.07 Å². The van der Waals surface area contributed by atoms with Crippen LogP contribution < -0.4 is 14.9 Å². The number of benzene rings is 2. The van der Waals surface area contributed by atoms with Gasteiger partial charge in [-0.25, -0.2) is 12.8 Å². The molecule has 0 aliphatic carbocycles. The Kier molecular flexibility index (Phi) is 6.00. The lowest BCUT2D eigenvalue weighted by Gasteiger charge is -2.26. The van der Waals surface area contributed by atoms with Crippen molar-refractivity contribution in [1.82, 2.24) is 10.3 Å². The van der Waals surface area contributed by atoms with Gasteiger partial charge in [-0.15, -0.1) is 0 Å². The van der Waals surface area contributed by atoms with E-state index in [0.29, 0.717) is 22.3 Å². The summed E-state index contributed by atoms with van der Waals surface area (Å²) in [5.41, 5.74) is 2.74. The average Bonchev–Trinajstić information content (AvgIpc) is 3.44. The molecular weight excluding hydrogens is 487 g/mol. The molecule has 1 fully saturated rings. The van der Waals surface area contributed by atoms with Crippen molar-refractivity contribution in [3.63, 3.8) is 0 Å². The van der Waals surface area contributed by atoms with E-state index in [-0.39, 0.29) is 17.9 Å². The van der Waals surface area contributed by atoms with Gasteiger partial charge < -0.3 is 14.6 Å².